The van der Waals surface area contributed by atoms with Crippen LogP contribution in [-0.2, 0) is 17.9 Å². The van der Waals surface area contributed by atoms with Gasteiger partial charge in [0.25, 0.3) is 0 Å². The highest BCUT2D eigenvalue weighted by atomic mass is 16.2. The maximum Gasteiger partial charge on any atom is 0.223 e. The fourth-order valence-electron chi connectivity index (χ4n) is 2.39. The summed E-state index contributed by atoms with van der Waals surface area (Å²) in [5, 5.41) is 4.72. The van der Waals surface area contributed by atoms with Gasteiger partial charge in [0.05, 0.1) is 0 Å². The minimum absolute atomic E-state index is 0.162. The molecule has 0 saturated heterocycles. The summed E-state index contributed by atoms with van der Waals surface area (Å²) in [6, 6.07) is 8.98. The average Bonchev–Trinajstić information content (AvgIpc) is 2.86. The van der Waals surface area contributed by atoms with Gasteiger partial charge in [0.1, 0.15) is 0 Å². The highest BCUT2D eigenvalue weighted by molar-refractivity contribution is 5.84. The van der Waals surface area contributed by atoms with Crippen molar-refractivity contribution in [3.63, 3.8) is 0 Å². The number of hydrogen-bond acceptors (Lipinski definition) is 2. The van der Waals surface area contributed by atoms with E-state index in [4.69, 9.17) is 0 Å². The number of carbonyl (C=O) groups is 1. The molecule has 0 radical (unpaired) electrons. The lowest BCUT2D eigenvalue weighted by Crippen LogP contribution is -2.22. The van der Waals surface area contributed by atoms with E-state index in [0.717, 1.165) is 13.1 Å². The SMILES string of the molecule is CC(C)NCc1cccc2c1ccn2CCC(=O)N(C)C. The van der Waals surface area contributed by atoms with Gasteiger partial charge in [-0.15, -0.1) is 0 Å². The lowest BCUT2D eigenvalue weighted by atomic mass is 10.1. The molecule has 4 heteroatoms. The number of hydrogen-bond donors (Lipinski definition) is 1. The standard InChI is InChI=1S/C17H25N3O/c1-13(2)18-12-14-6-5-7-16-15(14)8-10-20(16)11-9-17(21)19(3)4/h5-8,10,13,18H,9,11-12H2,1-4H3. The van der Waals surface area contributed by atoms with Crippen LogP contribution in [0.4, 0.5) is 0 Å². The molecule has 0 saturated carbocycles. The normalized spacial score (nSPS) is 11.3. The zero-order chi connectivity index (χ0) is 15.4. The maximum atomic E-state index is 11.7. The van der Waals surface area contributed by atoms with Gasteiger partial charge in [0.15, 0.2) is 0 Å². The van der Waals surface area contributed by atoms with Crippen molar-refractivity contribution < 1.29 is 4.79 Å². The Bertz CT molecular complexity index is 614. The smallest absolute Gasteiger partial charge is 0.223 e. The van der Waals surface area contributed by atoms with E-state index in [-0.39, 0.29) is 5.91 Å². The fraction of sp³-hybridized carbons (Fsp3) is 0.471. The minimum atomic E-state index is 0.162. The average molecular weight is 287 g/mol. The predicted molar refractivity (Wildman–Crippen MR) is 87.2 cm³/mol. The van der Waals surface area contributed by atoms with Gasteiger partial charge in [-0.3, -0.25) is 4.79 Å². The van der Waals surface area contributed by atoms with Gasteiger partial charge in [-0.2, -0.15) is 0 Å². The number of benzene rings is 1. The molecule has 0 aliphatic rings. The van der Waals surface area contributed by atoms with Crippen molar-refractivity contribution in [3.05, 3.63) is 36.0 Å². The summed E-state index contributed by atoms with van der Waals surface area (Å²) < 4.78 is 2.16. The van der Waals surface area contributed by atoms with Crippen LogP contribution in [-0.4, -0.2) is 35.5 Å². The number of nitrogens with one attached hydrogen (secondary N) is 1. The molecule has 2 aromatic rings. The molecule has 21 heavy (non-hydrogen) atoms. The van der Waals surface area contributed by atoms with Crippen LogP contribution in [0.1, 0.15) is 25.8 Å². The molecule has 0 unspecified atom stereocenters. The summed E-state index contributed by atoms with van der Waals surface area (Å²) in [4.78, 5) is 13.4. The van der Waals surface area contributed by atoms with Crippen LogP contribution >= 0.6 is 0 Å². The van der Waals surface area contributed by atoms with Gasteiger partial charge >= 0.3 is 0 Å². The lowest BCUT2D eigenvalue weighted by molar-refractivity contribution is -0.128. The van der Waals surface area contributed by atoms with Gasteiger partial charge in [0, 0.05) is 56.7 Å². The first kappa shape index (κ1) is 15.6. The third-order valence-electron chi connectivity index (χ3n) is 3.67. The van der Waals surface area contributed by atoms with Crippen molar-refractivity contribution in [1.29, 1.82) is 0 Å². The van der Waals surface area contributed by atoms with Crippen molar-refractivity contribution in [2.45, 2.75) is 39.4 Å². The van der Waals surface area contributed by atoms with E-state index in [2.05, 4.69) is 54.2 Å². The van der Waals surface area contributed by atoms with Crippen molar-refractivity contribution in [3.8, 4) is 0 Å². The van der Waals surface area contributed by atoms with Gasteiger partial charge in [0.2, 0.25) is 5.91 Å². The molecule has 0 aliphatic heterocycles. The van der Waals surface area contributed by atoms with Crippen LogP contribution in [0.2, 0.25) is 0 Å². The number of aromatic nitrogens is 1. The van der Waals surface area contributed by atoms with E-state index in [0.29, 0.717) is 12.5 Å². The van der Waals surface area contributed by atoms with Gasteiger partial charge in [-0.05, 0) is 17.7 Å². The predicted octanol–water partition coefficient (Wildman–Crippen LogP) is 2.62. The number of nitrogens with zero attached hydrogens (tertiary/aromatic N) is 2. The third-order valence-corrected chi connectivity index (χ3v) is 3.67. The lowest BCUT2D eigenvalue weighted by Gasteiger charge is -2.12. The van der Waals surface area contributed by atoms with Crippen LogP contribution in [0, 0.1) is 0 Å². The summed E-state index contributed by atoms with van der Waals surface area (Å²) in [6.45, 7) is 5.90. The maximum absolute atomic E-state index is 11.7. The Balaban J connectivity index is 2.16. The molecule has 0 atom stereocenters. The first-order valence-corrected chi connectivity index (χ1v) is 7.49. The van der Waals surface area contributed by atoms with Crippen molar-refractivity contribution in [1.82, 2.24) is 14.8 Å². The minimum Gasteiger partial charge on any atom is -0.349 e. The second-order valence-corrected chi connectivity index (χ2v) is 5.93. The Labute approximate surface area is 126 Å². The number of amides is 1. The molecule has 0 spiro atoms. The molecule has 1 aromatic carbocycles. The van der Waals surface area contributed by atoms with Crippen LogP contribution in [0.25, 0.3) is 10.9 Å². The molecular formula is C17H25N3O. The van der Waals surface area contributed by atoms with Gasteiger partial charge in [-0.25, -0.2) is 0 Å². The van der Waals surface area contributed by atoms with E-state index in [9.17, 15) is 4.79 Å². The molecular weight excluding hydrogens is 262 g/mol. The Morgan fingerprint density at radius 2 is 2.05 bits per heavy atom. The summed E-state index contributed by atoms with van der Waals surface area (Å²) in [7, 11) is 3.59. The second-order valence-electron chi connectivity index (χ2n) is 5.93. The van der Waals surface area contributed by atoms with Crippen LogP contribution in [0.15, 0.2) is 30.5 Å². The Morgan fingerprint density at radius 3 is 2.71 bits per heavy atom. The van der Waals surface area contributed by atoms with E-state index in [1.165, 1.54) is 16.5 Å². The van der Waals surface area contributed by atoms with Crippen molar-refractivity contribution >= 4 is 16.8 Å². The molecule has 1 aromatic heterocycles. The third kappa shape index (κ3) is 3.85. The number of aryl methyl sites for hydroxylation is 1. The van der Waals surface area contributed by atoms with E-state index >= 15 is 0 Å². The van der Waals surface area contributed by atoms with Crippen molar-refractivity contribution in [2.75, 3.05) is 14.1 Å². The van der Waals surface area contributed by atoms with Gasteiger partial charge < -0.3 is 14.8 Å². The number of carbonyl (C=O) groups excluding carboxylic acids is 1. The highest BCUT2D eigenvalue weighted by Gasteiger charge is 2.08. The van der Waals surface area contributed by atoms with Gasteiger partial charge in [-0.1, -0.05) is 26.0 Å². The molecule has 1 N–H and O–H groups in total. The summed E-state index contributed by atoms with van der Waals surface area (Å²) in [6.07, 6.45) is 2.61. The largest absolute Gasteiger partial charge is 0.349 e. The van der Waals surface area contributed by atoms with Crippen LogP contribution < -0.4 is 5.32 Å². The first-order valence-electron chi connectivity index (χ1n) is 7.49. The monoisotopic (exact) mass is 287 g/mol. The first-order chi connectivity index (χ1) is 9.99. The van der Waals surface area contributed by atoms with E-state index in [1.54, 1.807) is 19.0 Å². The molecule has 4 nitrogen and oxygen atoms in total. The molecule has 1 heterocycles. The molecule has 114 valence electrons. The summed E-state index contributed by atoms with van der Waals surface area (Å²) >= 11 is 0. The van der Waals surface area contributed by atoms with Crippen LogP contribution in [0.5, 0.6) is 0 Å². The molecule has 0 fully saturated rings. The quantitative estimate of drug-likeness (QED) is 0.887. The summed E-state index contributed by atoms with van der Waals surface area (Å²) in [5.41, 5.74) is 2.50. The Kier molecular flexibility index (Phi) is 5.02. The molecule has 2 rings (SSSR count). The fourth-order valence-corrected chi connectivity index (χ4v) is 2.39. The molecule has 1 amide bonds. The zero-order valence-corrected chi connectivity index (χ0v) is 13.4. The Hall–Kier alpha value is -1.81. The highest BCUT2D eigenvalue weighted by Crippen LogP contribution is 2.20. The van der Waals surface area contributed by atoms with Crippen molar-refractivity contribution in [2.24, 2.45) is 0 Å². The topological polar surface area (TPSA) is 37.3 Å². The number of fused-ring (bicyclic) bond motifs is 1. The summed E-state index contributed by atoms with van der Waals surface area (Å²) in [5.74, 6) is 0.162. The Morgan fingerprint density at radius 1 is 1.29 bits per heavy atom. The van der Waals surface area contributed by atoms with E-state index in [1.807, 2.05) is 0 Å². The molecule has 0 bridgehead atoms. The van der Waals surface area contributed by atoms with Crippen LogP contribution in [0.3, 0.4) is 0 Å². The molecule has 0 aliphatic carbocycles. The zero-order valence-electron chi connectivity index (χ0n) is 13.4. The second kappa shape index (κ2) is 6.76. The van der Waals surface area contributed by atoms with E-state index < -0.39 is 0 Å². The number of rotatable bonds is 6.